The van der Waals surface area contributed by atoms with Crippen molar-refractivity contribution in [3.05, 3.63) is 34.6 Å². The van der Waals surface area contributed by atoms with Crippen LogP contribution in [-0.4, -0.2) is 39.7 Å². The Hall–Kier alpha value is -2.61. The van der Waals surface area contributed by atoms with E-state index in [9.17, 15) is 8.78 Å². The van der Waals surface area contributed by atoms with Gasteiger partial charge in [0.15, 0.2) is 12.4 Å². The van der Waals surface area contributed by atoms with Crippen LogP contribution in [0.15, 0.2) is 12.1 Å². The van der Waals surface area contributed by atoms with Gasteiger partial charge in [-0.1, -0.05) is 6.07 Å². The van der Waals surface area contributed by atoms with E-state index in [0.29, 0.717) is 18.8 Å². The lowest BCUT2D eigenvalue weighted by Crippen LogP contribution is -2.26. The van der Waals surface area contributed by atoms with Gasteiger partial charge >= 0.3 is 0 Å². The summed E-state index contributed by atoms with van der Waals surface area (Å²) in [5, 5.41) is 11.4. The van der Waals surface area contributed by atoms with Gasteiger partial charge in [-0.2, -0.15) is 10.1 Å². The van der Waals surface area contributed by atoms with Crippen LogP contribution in [0, 0.1) is 13.8 Å². The Morgan fingerprint density at radius 3 is 2.88 bits per heavy atom. The number of aromatic amines is 1. The van der Waals surface area contributed by atoms with Gasteiger partial charge in [-0.15, -0.1) is 0 Å². The Bertz CT molecular complexity index is 970. The minimum atomic E-state index is -2.55. The fourth-order valence-corrected chi connectivity index (χ4v) is 3.34. The summed E-state index contributed by atoms with van der Waals surface area (Å²) in [6.45, 7) is 4.53. The first-order chi connectivity index (χ1) is 12.5. The van der Waals surface area contributed by atoms with Crippen molar-refractivity contribution in [1.82, 2.24) is 25.5 Å². The fourth-order valence-electron chi connectivity index (χ4n) is 3.34. The molecule has 0 unspecified atom stereocenters. The van der Waals surface area contributed by atoms with Crippen LogP contribution in [0.5, 0.6) is 5.88 Å². The van der Waals surface area contributed by atoms with Gasteiger partial charge in [-0.3, -0.25) is 5.10 Å². The van der Waals surface area contributed by atoms with Crippen molar-refractivity contribution in [3.63, 3.8) is 0 Å². The number of H-pyrrole nitrogens is 1. The zero-order valence-electron chi connectivity index (χ0n) is 14.6. The Kier molecular flexibility index (Phi) is 4.28. The van der Waals surface area contributed by atoms with Gasteiger partial charge < -0.3 is 10.1 Å². The molecule has 3 aromatic rings. The number of halogens is 2. The molecule has 8 heteroatoms. The van der Waals surface area contributed by atoms with Crippen LogP contribution < -0.4 is 10.1 Å². The largest absolute Gasteiger partial charge is 0.471 e. The highest BCUT2D eigenvalue weighted by atomic mass is 19.3. The Balaban J connectivity index is 1.91. The Labute approximate surface area is 149 Å². The summed E-state index contributed by atoms with van der Waals surface area (Å²) in [7, 11) is 0. The fraction of sp³-hybridized carbons (Fsp3) is 0.389. The second kappa shape index (κ2) is 6.60. The predicted molar refractivity (Wildman–Crippen MR) is 93.5 cm³/mol. The van der Waals surface area contributed by atoms with Crippen molar-refractivity contribution in [2.75, 3.05) is 13.2 Å². The van der Waals surface area contributed by atoms with Crippen molar-refractivity contribution < 1.29 is 13.5 Å². The lowest BCUT2D eigenvalue weighted by atomic mass is 10.0. The van der Waals surface area contributed by atoms with Gasteiger partial charge in [0.2, 0.25) is 5.88 Å². The van der Waals surface area contributed by atoms with Crippen molar-refractivity contribution >= 4 is 10.9 Å². The third-order valence-electron chi connectivity index (χ3n) is 4.58. The van der Waals surface area contributed by atoms with E-state index in [0.717, 1.165) is 45.5 Å². The summed E-state index contributed by atoms with van der Waals surface area (Å²) in [4.78, 5) is 9.25. The van der Waals surface area contributed by atoms with Crippen molar-refractivity contribution in [1.29, 1.82) is 0 Å². The topological polar surface area (TPSA) is 75.7 Å². The van der Waals surface area contributed by atoms with Gasteiger partial charge in [-0.25, -0.2) is 13.8 Å². The monoisotopic (exact) mass is 359 g/mol. The van der Waals surface area contributed by atoms with Gasteiger partial charge in [0.1, 0.15) is 0 Å². The number of aromatic nitrogens is 4. The number of rotatable bonds is 4. The first kappa shape index (κ1) is 16.8. The summed E-state index contributed by atoms with van der Waals surface area (Å²) < 4.78 is 30.7. The Morgan fingerprint density at radius 2 is 2.08 bits per heavy atom. The molecule has 26 heavy (non-hydrogen) atoms. The molecule has 4 rings (SSSR count). The standard InChI is InChI=1S/C18H19F2N5O/c1-9-3-4-13-16(10(2)24-25-13)15(9)17-22-12-5-6-21-7-11(12)18(23-17)26-8-14(19)20/h3-4,14,21H,5-8H2,1-2H3,(H,24,25). The van der Waals surface area contributed by atoms with E-state index in [1.165, 1.54) is 0 Å². The molecule has 6 nitrogen and oxygen atoms in total. The molecular weight excluding hydrogens is 340 g/mol. The molecule has 0 spiro atoms. The van der Waals surface area contributed by atoms with Gasteiger partial charge in [0.05, 0.1) is 11.2 Å². The average molecular weight is 359 g/mol. The van der Waals surface area contributed by atoms with Gasteiger partial charge in [0, 0.05) is 41.7 Å². The predicted octanol–water partition coefficient (Wildman–Crippen LogP) is 2.93. The first-order valence-electron chi connectivity index (χ1n) is 8.50. The van der Waals surface area contributed by atoms with Crippen LogP contribution in [0.4, 0.5) is 8.78 Å². The third-order valence-corrected chi connectivity index (χ3v) is 4.58. The lowest BCUT2D eigenvalue weighted by Gasteiger charge is -2.20. The quantitative estimate of drug-likeness (QED) is 0.749. The van der Waals surface area contributed by atoms with E-state index >= 15 is 0 Å². The van der Waals surface area contributed by atoms with E-state index in [4.69, 9.17) is 9.72 Å². The van der Waals surface area contributed by atoms with E-state index in [1.807, 2.05) is 26.0 Å². The number of hydrogen-bond acceptors (Lipinski definition) is 5. The third kappa shape index (κ3) is 2.90. The molecule has 2 aromatic heterocycles. The van der Waals surface area contributed by atoms with Crippen LogP contribution in [-0.2, 0) is 13.0 Å². The first-order valence-corrected chi connectivity index (χ1v) is 8.50. The number of hydrogen-bond donors (Lipinski definition) is 2. The van der Waals surface area contributed by atoms with Crippen LogP contribution >= 0.6 is 0 Å². The highest BCUT2D eigenvalue weighted by molar-refractivity contribution is 5.96. The van der Waals surface area contributed by atoms with Crippen molar-refractivity contribution in [2.24, 2.45) is 0 Å². The van der Waals surface area contributed by atoms with Gasteiger partial charge in [-0.05, 0) is 25.5 Å². The van der Waals surface area contributed by atoms with Crippen LogP contribution in [0.1, 0.15) is 22.5 Å². The maximum atomic E-state index is 12.7. The van der Waals surface area contributed by atoms with Crippen molar-refractivity contribution in [2.45, 2.75) is 33.2 Å². The summed E-state index contributed by atoms with van der Waals surface area (Å²) >= 11 is 0. The highest BCUT2D eigenvalue weighted by Crippen LogP contribution is 2.34. The second-order valence-corrected chi connectivity index (χ2v) is 6.41. The maximum Gasteiger partial charge on any atom is 0.272 e. The van der Waals surface area contributed by atoms with Crippen LogP contribution in [0.2, 0.25) is 0 Å². The minimum absolute atomic E-state index is 0.232. The molecule has 0 bridgehead atoms. The number of alkyl halides is 2. The normalized spacial score (nSPS) is 14.0. The summed E-state index contributed by atoms with van der Waals surface area (Å²) in [5.74, 6) is 0.720. The molecule has 0 saturated carbocycles. The molecule has 0 saturated heterocycles. The smallest absolute Gasteiger partial charge is 0.272 e. The molecule has 136 valence electrons. The number of ether oxygens (including phenoxy) is 1. The molecule has 0 fully saturated rings. The van der Waals surface area contributed by atoms with Crippen molar-refractivity contribution in [3.8, 4) is 17.3 Å². The van der Waals surface area contributed by atoms with Crippen LogP contribution in [0.3, 0.4) is 0 Å². The molecular formula is C18H19F2N5O. The summed E-state index contributed by atoms with van der Waals surface area (Å²) in [5.41, 5.74) is 5.19. The zero-order chi connectivity index (χ0) is 18.3. The molecule has 0 atom stereocenters. The molecule has 0 aliphatic carbocycles. The van der Waals surface area contributed by atoms with Crippen LogP contribution in [0.25, 0.3) is 22.3 Å². The molecule has 3 heterocycles. The number of aryl methyl sites for hydroxylation is 2. The highest BCUT2D eigenvalue weighted by Gasteiger charge is 2.22. The molecule has 0 radical (unpaired) electrons. The second-order valence-electron chi connectivity index (χ2n) is 6.41. The molecule has 2 N–H and O–H groups in total. The summed E-state index contributed by atoms with van der Waals surface area (Å²) in [6.07, 6.45) is -1.85. The molecule has 1 aromatic carbocycles. The SMILES string of the molecule is Cc1ccc2n[nH]c(C)c2c1-c1nc2c(c(OCC(F)F)n1)CNCC2. The number of nitrogens with one attached hydrogen (secondary N) is 2. The minimum Gasteiger partial charge on any atom is -0.471 e. The van der Waals surface area contributed by atoms with E-state index < -0.39 is 13.0 Å². The van der Waals surface area contributed by atoms with E-state index in [2.05, 4.69) is 20.5 Å². The Morgan fingerprint density at radius 1 is 1.23 bits per heavy atom. The molecule has 0 amide bonds. The number of benzene rings is 1. The number of fused-ring (bicyclic) bond motifs is 2. The maximum absolute atomic E-state index is 12.7. The average Bonchev–Trinajstić information content (AvgIpc) is 3.00. The molecule has 1 aliphatic rings. The molecule has 1 aliphatic heterocycles. The van der Waals surface area contributed by atoms with E-state index in [-0.39, 0.29) is 5.88 Å². The lowest BCUT2D eigenvalue weighted by molar-refractivity contribution is 0.0788. The van der Waals surface area contributed by atoms with E-state index in [1.54, 1.807) is 0 Å². The summed E-state index contributed by atoms with van der Waals surface area (Å²) in [6, 6.07) is 3.90. The number of nitrogens with zero attached hydrogens (tertiary/aromatic N) is 3. The van der Waals surface area contributed by atoms with Gasteiger partial charge in [0.25, 0.3) is 6.43 Å². The zero-order valence-corrected chi connectivity index (χ0v) is 14.6.